The molecule has 2 aliphatic rings. The number of aliphatic carboxylic acids is 1. The molecule has 92 valence electrons. The molecule has 0 aromatic heterocycles. The maximum Gasteiger partial charge on any atom is 0.304 e. The van der Waals surface area contributed by atoms with Gasteiger partial charge in [-0.2, -0.15) is 0 Å². The van der Waals surface area contributed by atoms with E-state index in [0.29, 0.717) is 12.0 Å². The molecule has 2 atom stereocenters. The Morgan fingerprint density at radius 3 is 2.59 bits per heavy atom. The maximum absolute atomic E-state index is 12.2. The van der Waals surface area contributed by atoms with Crippen LogP contribution in [0.4, 0.5) is 0 Å². The lowest BCUT2D eigenvalue weighted by atomic mass is 9.73. The maximum atomic E-state index is 12.2. The molecule has 2 rings (SSSR count). The first kappa shape index (κ1) is 12.0. The van der Waals surface area contributed by atoms with Crippen molar-refractivity contribution in [3.63, 3.8) is 0 Å². The third kappa shape index (κ3) is 1.47. The van der Waals surface area contributed by atoms with Crippen LogP contribution in [0, 0.1) is 16.7 Å². The van der Waals surface area contributed by atoms with Crippen molar-refractivity contribution in [1.29, 1.82) is 0 Å². The van der Waals surface area contributed by atoms with Crippen LogP contribution in [0.1, 0.15) is 33.1 Å². The lowest BCUT2D eigenvalue weighted by molar-refractivity contribution is -0.139. The lowest BCUT2D eigenvalue weighted by Gasteiger charge is -2.28. The number of carboxylic acid groups (broad SMARTS) is 1. The molecule has 4 heteroatoms. The van der Waals surface area contributed by atoms with Gasteiger partial charge in [0.25, 0.3) is 0 Å². The molecule has 0 aromatic rings. The van der Waals surface area contributed by atoms with Crippen LogP contribution in [0.3, 0.4) is 0 Å². The molecule has 4 nitrogen and oxygen atoms in total. The second-order valence-corrected chi connectivity index (χ2v) is 5.81. The average Bonchev–Trinajstić information content (AvgIpc) is 2.50. The highest BCUT2D eigenvalue weighted by Crippen LogP contribution is 2.61. The summed E-state index contributed by atoms with van der Waals surface area (Å²) in [5.74, 6) is -1.60. The number of carboxylic acids is 1. The largest absolute Gasteiger partial charge is 0.481 e. The zero-order valence-electron chi connectivity index (χ0n) is 10.1. The zero-order chi connectivity index (χ0) is 13.0. The molecule has 0 heterocycles. The van der Waals surface area contributed by atoms with Crippen LogP contribution < -0.4 is 0 Å². The van der Waals surface area contributed by atoms with Crippen LogP contribution in [0.25, 0.3) is 0 Å². The molecule has 2 fully saturated rings. The predicted molar refractivity (Wildman–Crippen MR) is 60.3 cm³/mol. The van der Waals surface area contributed by atoms with Gasteiger partial charge in [0.15, 0.2) is 5.78 Å². The normalized spacial score (nSPS) is 35.2. The van der Waals surface area contributed by atoms with Crippen molar-refractivity contribution in [2.24, 2.45) is 16.7 Å². The fourth-order valence-electron chi connectivity index (χ4n) is 3.48. The first-order chi connectivity index (χ1) is 7.70. The van der Waals surface area contributed by atoms with E-state index in [0.717, 1.165) is 0 Å². The summed E-state index contributed by atoms with van der Waals surface area (Å²) in [6.07, 6.45) is 0.381. The van der Waals surface area contributed by atoms with Gasteiger partial charge in [-0.05, 0) is 12.0 Å². The number of allylic oxidation sites excluding steroid dienone is 1. The zero-order valence-corrected chi connectivity index (χ0v) is 10.1. The molecule has 2 saturated carbocycles. The molecule has 1 N–H and O–H groups in total. The molecule has 2 aliphatic carbocycles. The minimum Gasteiger partial charge on any atom is -0.481 e. The fourth-order valence-corrected chi connectivity index (χ4v) is 3.48. The van der Waals surface area contributed by atoms with Crippen LogP contribution >= 0.6 is 0 Å². The molecule has 0 aromatic carbocycles. The van der Waals surface area contributed by atoms with Gasteiger partial charge in [0.1, 0.15) is 5.78 Å². The Hall–Kier alpha value is -1.45. The van der Waals surface area contributed by atoms with Crippen molar-refractivity contribution in [1.82, 2.24) is 0 Å². The van der Waals surface area contributed by atoms with Crippen LogP contribution in [-0.4, -0.2) is 22.6 Å². The number of hydrogen-bond acceptors (Lipinski definition) is 3. The topological polar surface area (TPSA) is 71.4 Å². The Bertz CT molecular complexity index is 446. The summed E-state index contributed by atoms with van der Waals surface area (Å²) < 4.78 is 0. The van der Waals surface area contributed by atoms with Gasteiger partial charge >= 0.3 is 5.97 Å². The molecule has 17 heavy (non-hydrogen) atoms. The van der Waals surface area contributed by atoms with E-state index < -0.39 is 22.7 Å². The van der Waals surface area contributed by atoms with Gasteiger partial charge in [-0.15, -0.1) is 0 Å². The number of carbonyl (C=O) groups excluding carboxylic acids is 2. The van der Waals surface area contributed by atoms with Gasteiger partial charge in [-0.3, -0.25) is 14.4 Å². The standard InChI is InChI=1S/C13H16O4/c1-7-9(14)4-8-11(17)12(2,3)6-13(7,8)5-10(15)16/h8H,1,4-6H2,2-3H3,(H,15,16). The van der Waals surface area contributed by atoms with Gasteiger partial charge in [0, 0.05) is 23.2 Å². The van der Waals surface area contributed by atoms with Crippen molar-refractivity contribution < 1.29 is 19.5 Å². The Morgan fingerprint density at radius 2 is 2.06 bits per heavy atom. The van der Waals surface area contributed by atoms with Crippen molar-refractivity contribution >= 4 is 17.5 Å². The van der Waals surface area contributed by atoms with Crippen molar-refractivity contribution in [3.05, 3.63) is 12.2 Å². The van der Waals surface area contributed by atoms with E-state index >= 15 is 0 Å². The van der Waals surface area contributed by atoms with Gasteiger partial charge in [0.05, 0.1) is 6.42 Å². The van der Waals surface area contributed by atoms with E-state index in [4.69, 9.17) is 5.11 Å². The van der Waals surface area contributed by atoms with Crippen LogP contribution in [0.15, 0.2) is 12.2 Å². The van der Waals surface area contributed by atoms with Crippen molar-refractivity contribution in [2.45, 2.75) is 33.1 Å². The molecule has 0 aliphatic heterocycles. The third-order valence-electron chi connectivity index (χ3n) is 4.20. The van der Waals surface area contributed by atoms with Crippen LogP contribution in [0.5, 0.6) is 0 Å². The summed E-state index contributed by atoms with van der Waals surface area (Å²) in [5, 5.41) is 9.01. The Morgan fingerprint density at radius 1 is 1.47 bits per heavy atom. The SMILES string of the molecule is C=C1C(=O)CC2C(=O)C(C)(C)CC12CC(=O)O. The highest BCUT2D eigenvalue weighted by molar-refractivity contribution is 6.07. The van der Waals surface area contributed by atoms with Crippen molar-refractivity contribution in [2.75, 3.05) is 0 Å². The van der Waals surface area contributed by atoms with E-state index in [1.807, 2.05) is 13.8 Å². The molecule has 0 saturated heterocycles. The summed E-state index contributed by atoms with van der Waals surface area (Å²) in [6.45, 7) is 7.37. The van der Waals surface area contributed by atoms with Crippen LogP contribution in [-0.2, 0) is 14.4 Å². The molecule has 2 unspecified atom stereocenters. The molecule has 0 bridgehead atoms. The quantitative estimate of drug-likeness (QED) is 0.739. The van der Waals surface area contributed by atoms with E-state index in [9.17, 15) is 14.4 Å². The molecule has 0 amide bonds. The molecular formula is C13H16O4. The Balaban J connectivity index is 2.49. The number of rotatable bonds is 2. The second kappa shape index (κ2) is 3.28. The summed E-state index contributed by atoms with van der Waals surface area (Å²) in [6, 6.07) is 0. The summed E-state index contributed by atoms with van der Waals surface area (Å²) >= 11 is 0. The van der Waals surface area contributed by atoms with Gasteiger partial charge in [-0.1, -0.05) is 20.4 Å². The minimum absolute atomic E-state index is 0.00532. The smallest absolute Gasteiger partial charge is 0.304 e. The number of ketones is 2. The fraction of sp³-hybridized carbons (Fsp3) is 0.615. The first-order valence-electron chi connectivity index (χ1n) is 5.69. The third-order valence-corrected chi connectivity index (χ3v) is 4.20. The van der Waals surface area contributed by atoms with E-state index in [-0.39, 0.29) is 24.4 Å². The van der Waals surface area contributed by atoms with E-state index in [2.05, 4.69) is 6.58 Å². The average molecular weight is 236 g/mol. The monoisotopic (exact) mass is 236 g/mol. The number of hydrogen-bond donors (Lipinski definition) is 1. The summed E-state index contributed by atoms with van der Waals surface area (Å²) in [7, 11) is 0. The highest BCUT2D eigenvalue weighted by atomic mass is 16.4. The first-order valence-corrected chi connectivity index (χ1v) is 5.69. The number of Topliss-reactive ketones (excluding diaryl/α,β-unsaturated/α-hetero) is 2. The van der Waals surface area contributed by atoms with E-state index in [1.54, 1.807) is 0 Å². The van der Waals surface area contributed by atoms with E-state index in [1.165, 1.54) is 0 Å². The van der Waals surface area contributed by atoms with Crippen molar-refractivity contribution in [3.8, 4) is 0 Å². The summed E-state index contributed by atoms with van der Waals surface area (Å²) in [5.41, 5.74) is -1.04. The lowest BCUT2D eigenvalue weighted by Crippen LogP contribution is -2.27. The summed E-state index contributed by atoms with van der Waals surface area (Å²) in [4.78, 5) is 34.9. The molecule has 0 radical (unpaired) electrons. The van der Waals surface area contributed by atoms with Crippen LogP contribution in [0.2, 0.25) is 0 Å². The molecule has 0 spiro atoms. The van der Waals surface area contributed by atoms with Gasteiger partial charge < -0.3 is 5.11 Å². The number of carbonyl (C=O) groups is 3. The molecular weight excluding hydrogens is 220 g/mol. The van der Waals surface area contributed by atoms with Gasteiger partial charge in [-0.25, -0.2) is 0 Å². The predicted octanol–water partition coefficient (Wildman–Crippen LogP) is 1.59. The van der Waals surface area contributed by atoms with Gasteiger partial charge in [0.2, 0.25) is 0 Å². The highest BCUT2D eigenvalue weighted by Gasteiger charge is 2.63. The Labute approximate surface area is 99.7 Å². The minimum atomic E-state index is -0.976. The number of fused-ring (bicyclic) bond motifs is 1. The Kier molecular flexibility index (Phi) is 2.32. The second-order valence-electron chi connectivity index (χ2n) is 5.81.